The van der Waals surface area contributed by atoms with Gasteiger partial charge in [-0.2, -0.15) is 0 Å². The second kappa shape index (κ2) is 4.30. The predicted molar refractivity (Wildman–Crippen MR) is 56.2 cm³/mol. The van der Waals surface area contributed by atoms with Gasteiger partial charge in [0, 0.05) is 5.54 Å². The maximum atomic E-state index is 10.7. The van der Waals surface area contributed by atoms with Crippen LogP contribution in [0.1, 0.15) is 40.0 Å². The number of nitrogens with one attached hydrogen (secondary N) is 1. The Hall–Kier alpha value is -0.570. The van der Waals surface area contributed by atoms with E-state index in [2.05, 4.69) is 26.1 Å². The summed E-state index contributed by atoms with van der Waals surface area (Å²) in [5.74, 6) is -0.166. The zero-order valence-corrected chi connectivity index (χ0v) is 9.34. The van der Waals surface area contributed by atoms with Crippen molar-refractivity contribution in [3.05, 3.63) is 0 Å². The third-order valence-corrected chi connectivity index (χ3v) is 2.81. The van der Waals surface area contributed by atoms with Gasteiger partial charge in [-0.1, -0.05) is 0 Å². The lowest BCUT2D eigenvalue weighted by Gasteiger charge is -2.23. The van der Waals surface area contributed by atoms with Gasteiger partial charge in [0.2, 0.25) is 0 Å². The Morgan fingerprint density at radius 2 is 2.07 bits per heavy atom. The van der Waals surface area contributed by atoms with Crippen LogP contribution in [0.4, 0.5) is 0 Å². The Labute approximate surface area is 85.9 Å². The van der Waals surface area contributed by atoms with Crippen molar-refractivity contribution in [2.24, 2.45) is 11.8 Å². The van der Waals surface area contributed by atoms with E-state index >= 15 is 0 Å². The number of hydrogen-bond donors (Lipinski definition) is 2. The molecule has 2 unspecified atom stereocenters. The molecule has 0 aromatic rings. The van der Waals surface area contributed by atoms with Crippen LogP contribution in [0.15, 0.2) is 0 Å². The van der Waals surface area contributed by atoms with Crippen LogP contribution in [0.3, 0.4) is 0 Å². The van der Waals surface area contributed by atoms with Gasteiger partial charge in [0.05, 0.1) is 5.92 Å². The largest absolute Gasteiger partial charge is 0.481 e. The highest BCUT2D eigenvalue weighted by Crippen LogP contribution is 2.30. The van der Waals surface area contributed by atoms with Crippen molar-refractivity contribution in [1.29, 1.82) is 0 Å². The van der Waals surface area contributed by atoms with Crippen molar-refractivity contribution in [3.63, 3.8) is 0 Å². The Kier molecular flexibility index (Phi) is 3.53. The quantitative estimate of drug-likeness (QED) is 0.729. The molecule has 0 aliphatic heterocycles. The second-order valence-electron chi connectivity index (χ2n) is 5.35. The lowest BCUT2D eigenvalue weighted by atomic mass is 10.0. The summed E-state index contributed by atoms with van der Waals surface area (Å²) in [4.78, 5) is 10.7. The molecule has 1 aliphatic carbocycles. The van der Waals surface area contributed by atoms with Gasteiger partial charge in [-0.3, -0.25) is 4.79 Å². The van der Waals surface area contributed by atoms with E-state index in [1.54, 1.807) is 0 Å². The van der Waals surface area contributed by atoms with Crippen molar-refractivity contribution < 1.29 is 9.90 Å². The number of carboxylic acids is 1. The molecule has 0 aromatic carbocycles. The number of aliphatic carboxylic acids is 1. The molecule has 0 saturated heterocycles. The Bertz CT molecular complexity index is 208. The molecule has 1 rings (SSSR count). The molecule has 2 atom stereocenters. The predicted octanol–water partition coefficient (Wildman–Crippen LogP) is 1.88. The molecule has 1 aliphatic rings. The van der Waals surface area contributed by atoms with Gasteiger partial charge in [-0.25, -0.2) is 0 Å². The standard InChI is InChI=1S/C11H21NO2/c1-11(2,3)12-7-8-4-5-9(6-8)10(13)14/h8-9,12H,4-7H2,1-3H3,(H,13,14). The summed E-state index contributed by atoms with van der Waals surface area (Å²) in [6.45, 7) is 7.36. The van der Waals surface area contributed by atoms with E-state index in [1.807, 2.05) is 0 Å². The zero-order chi connectivity index (χ0) is 10.8. The van der Waals surface area contributed by atoms with Crippen molar-refractivity contribution in [3.8, 4) is 0 Å². The maximum absolute atomic E-state index is 10.7. The molecular weight excluding hydrogens is 178 g/mol. The van der Waals surface area contributed by atoms with Crippen LogP contribution in [-0.4, -0.2) is 23.2 Å². The molecule has 1 fully saturated rings. The molecule has 3 heteroatoms. The van der Waals surface area contributed by atoms with Crippen LogP contribution in [0.2, 0.25) is 0 Å². The first-order valence-electron chi connectivity index (χ1n) is 5.36. The first kappa shape index (κ1) is 11.5. The summed E-state index contributed by atoms with van der Waals surface area (Å²) < 4.78 is 0. The molecule has 0 bridgehead atoms. The van der Waals surface area contributed by atoms with Gasteiger partial charge in [0.1, 0.15) is 0 Å². The number of carboxylic acid groups (broad SMARTS) is 1. The molecule has 0 amide bonds. The summed E-state index contributed by atoms with van der Waals surface area (Å²) >= 11 is 0. The lowest BCUT2D eigenvalue weighted by Crippen LogP contribution is -2.38. The van der Waals surface area contributed by atoms with E-state index in [-0.39, 0.29) is 11.5 Å². The highest BCUT2D eigenvalue weighted by atomic mass is 16.4. The Balaban J connectivity index is 2.26. The summed E-state index contributed by atoms with van der Waals surface area (Å²) in [6.07, 6.45) is 2.75. The minimum atomic E-state index is -0.622. The van der Waals surface area contributed by atoms with Gasteiger partial charge >= 0.3 is 5.97 Å². The van der Waals surface area contributed by atoms with E-state index in [9.17, 15) is 4.79 Å². The third kappa shape index (κ3) is 3.66. The SMILES string of the molecule is CC(C)(C)NCC1CCC(C(=O)O)C1. The minimum absolute atomic E-state index is 0.0956. The zero-order valence-electron chi connectivity index (χ0n) is 9.34. The molecule has 3 nitrogen and oxygen atoms in total. The van der Waals surface area contributed by atoms with Crippen LogP contribution in [0, 0.1) is 11.8 Å². The molecule has 0 heterocycles. The minimum Gasteiger partial charge on any atom is -0.481 e. The number of carbonyl (C=O) groups is 1. The number of rotatable bonds is 3. The smallest absolute Gasteiger partial charge is 0.306 e. The maximum Gasteiger partial charge on any atom is 0.306 e. The van der Waals surface area contributed by atoms with Gasteiger partial charge in [0.15, 0.2) is 0 Å². The molecular formula is C11H21NO2. The van der Waals surface area contributed by atoms with Gasteiger partial charge < -0.3 is 10.4 Å². The highest BCUT2D eigenvalue weighted by molar-refractivity contribution is 5.70. The first-order chi connectivity index (χ1) is 6.38. The monoisotopic (exact) mass is 199 g/mol. The first-order valence-corrected chi connectivity index (χ1v) is 5.36. The van der Waals surface area contributed by atoms with Crippen LogP contribution >= 0.6 is 0 Å². The summed E-state index contributed by atoms with van der Waals surface area (Å²) in [5, 5.41) is 12.3. The number of hydrogen-bond acceptors (Lipinski definition) is 2. The topological polar surface area (TPSA) is 49.3 Å². The van der Waals surface area contributed by atoms with Gasteiger partial charge in [0.25, 0.3) is 0 Å². The van der Waals surface area contributed by atoms with E-state index in [4.69, 9.17) is 5.11 Å². The fourth-order valence-electron chi connectivity index (χ4n) is 1.94. The van der Waals surface area contributed by atoms with Gasteiger partial charge in [-0.05, 0) is 52.5 Å². The van der Waals surface area contributed by atoms with Gasteiger partial charge in [-0.15, -0.1) is 0 Å². The molecule has 2 N–H and O–H groups in total. The van der Waals surface area contributed by atoms with Crippen LogP contribution in [0.25, 0.3) is 0 Å². The van der Waals surface area contributed by atoms with Crippen LogP contribution in [-0.2, 0) is 4.79 Å². The van der Waals surface area contributed by atoms with Crippen LogP contribution < -0.4 is 5.32 Å². The molecule has 0 spiro atoms. The molecule has 0 aromatic heterocycles. The average molecular weight is 199 g/mol. The normalized spacial score (nSPS) is 27.9. The lowest BCUT2D eigenvalue weighted by molar-refractivity contribution is -0.141. The van der Waals surface area contributed by atoms with Crippen molar-refractivity contribution in [2.75, 3.05) is 6.54 Å². The summed E-state index contributed by atoms with van der Waals surface area (Å²) in [6, 6.07) is 0. The van der Waals surface area contributed by atoms with E-state index < -0.39 is 5.97 Å². The Morgan fingerprint density at radius 1 is 1.43 bits per heavy atom. The molecule has 1 saturated carbocycles. The van der Waals surface area contributed by atoms with Crippen molar-refractivity contribution in [2.45, 2.75) is 45.6 Å². The molecule has 14 heavy (non-hydrogen) atoms. The third-order valence-electron chi connectivity index (χ3n) is 2.81. The Morgan fingerprint density at radius 3 is 2.50 bits per heavy atom. The summed E-state index contributed by atoms with van der Waals surface area (Å²) in [7, 11) is 0. The fraction of sp³-hybridized carbons (Fsp3) is 0.909. The van der Waals surface area contributed by atoms with E-state index in [1.165, 1.54) is 0 Å². The fourth-order valence-corrected chi connectivity index (χ4v) is 1.94. The van der Waals surface area contributed by atoms with Crippen LogP contribution in [0.5, 0.6) is 0 Å². The highest BCUT2D eigenvalue weighted by Gasteiger charge is 2.29. The van der Waals surface area contributed by atoms with Crippen molar-refractivity contribution in [1.82, 2.24) is 5.32 Å². The second-order valence-corrected chi connectivity index (χ2v) is 5.35. The average Bonchev–Trinajstić information content (AvgIpc) is 2.47. The molecule has 0 radical (unpaired) electrons. The van der Waals surface area contributed by atoms with Crippen molar-refractivity contribution >= 4 is 5.97 Å². The van der Waals surface area contributed by atoms with E-state index in [0.29, 0.717) is 5.92 Å². The summed E-state index contributed by atoms with van der Waals surface area (Å²) in [5.41, 5.74) is 0.140. The van der Waals surface area contributed by atoms with E-state index in [0.717, 1.165) is 25.8 Å². The molecule has 82 valence electrons.